The SMILES string of the molecule is Cc1ccnc(Sc2ccc([N+](=O)[O-])cc2)c1C(=N)N. The summed E-state index contributed by atoms with van der Waals surface area (Å²) >= 11 is 1.32. The maximum atomic E-state index is 10.6. The van der Waals surface area contributed by atoms with Crippen LogP contribution >= 0.6 is 11.8 Å². The Hall–Kier alpha value is -2.41. The molecule has 102 valence electrons. The fraction of sp³-hybridized carbons (Fsp3) is 0.0769. The molecule has 6 nitrogen and oxygen atoms in total. The van der Waals surface area contributed by atoms with E-state index in [1.165, 1.54) is 23.9 Å². The first kappa shape index (κ1) is 14.0. The third-order valence-electron chi connectivity index (χ3n) is 2.66. The first-order valence-electron chi connectivity index (χ1n) is 5.71. The lowest BCUT2D eigenvalue weighted by Gasteiger charge is -2.09. The van der Waals surface area contributed by atoms with Crippen LogP contribution in [0.15, 0.2) is 46.5 Å². The Morgan fingerprint density at radius 2 is 2.00 bits per heavy atom. The van der Waals surface area contributed by atoms with Gasteiger partial charge in [0.2, 0.25) is 0 Å². The molecule has 1 aromatic heterocycles. The second kappa shape index (κ2) is 5.70. The van der Waals surface area contributed by atoms with Crippen LogP contribution in [0.5, 0.6) is 0 Å². The number of non-ortho nitro benzene ring substituents is 1. The fourth-order valence-corrected chi connectivity index (χ4v) is 2.67. The summed E-state index contributed by atoms with van der Waals surface area (Å²) < 4.78 is 0. The first-order chi connectivity index (χ1) is 9.49. The van der Waals surface area contributed by atoms with Crippen LogP contribution in [-0.2, 0) is 0 Å². The third kappa shape index (κ3) is 2.94. The Balaban J connectivity index is 2.33. The Labute approximate surface area is 119 Å². The van der Waals surface area contributed by atoms with Gasteiger partial charge in [-0.25, -0.2) is 4.98 Å². The Bertz CT molecular complexity index is 671. The number of nitrogen functional groups attached to an aromatic ring is 1. The summed E-state index contributed by atoms with van der Waals surface area (Å²) in [6, 6.07) is 7.96. The Morgan fingerprint density at radius 3 is 2.55 bits per heavy atom. The van der Waals surface area contributed by atoms with Crippen molar-refractivity contribution in [3.8, 4) is 0 Å². The van der Waals surface area contributed by atoms with Crippen LogP contribution in [0.1, 0.15) is 11.1 Å². The molecule has 0 saturated heterocycles. The van der Waals surface area contributed by atoms with E-state index in [4.69, 9.17) is 11.1 Å². The highest BCUT2D eigenvalue weighted by molar-refractivity contribution is 7.99. The minimum absolute atomic E-state index is 0.0401. The summed E-state index contributed by atoms with van der Waals surface area (Å²) in [6.07, 6.45) is 1.65. The van der Waals surface area contributed by atoms with E-state index in [0.29, 0.717) is 10.6 Å². The van der Waals surface area contributed by atoms with Gasteiger partial charge in [-0.2, -0.15) is 0 Å². The summed E-state index contributed by atoms with van der Waals surface area (Å²) in [4.78, 5) is 15.2. The molecule has 0 bridgehead atoms. The smallest absolute Gasteiger partial charge is 0.269 e. The standard InChI is InChI=1S/C13H12N4O2S/c1-8-6-7-16-13(11(8)12(14)15)20-10-4-2-9(3-5-10)17(18)19/h2-7H,1H3,(H3,14,15). The number of aryl methyl sites for hydroxylation is 1. The van der Waals surface area contributed by atoms with Gasteiger partial charge in [0, 0.05) is 23.2 Å². The van der Waals surface area contributed by atoms with Crippen molar-refractivity contribution in [2.45, 2.75) is 16.8 Å². The van der Waals surface area contributed by atoms with Gasteiger partial charge in [0.1, 0.15) is 10.9 Å². The van der Waals surface area contributed by atoms with E-state index < -0.39 is 4.92 Å². The van der Waals surface area contributed by atoms with Crippen LogP contribution in [-0.4, -0.2) is 15.7 Å². The number of pyridine rings is 1. The number of amidine groups is 1. The van der Waals surface area contributed by atoms with Gasteiger partial charge in [0.05, 0.1) is 10.5 Å². The van der Waals surface area contributed by atoms with Gasteiger partial charge in [-0.3, -0.25) is 15.5 Å². The molecular weight excluding hydrogens is 276 g/mol. The predicted molar refractivity (Wildman–Crippen MR) is 77.2 cm³/mol. The molecule has 20 heavy (non-hydrogen) atoms. The molecule has 0 atom stereocenters. The maximum Gasteiger partial charge on any atom is 0.269 e. The molecule has 0 aliphatic heterocycles. The fourth-order valence-electron chi connectivity index (χ4n) is 1.69. The number of benzene rings is 1. The number of nitro benzene ring substituents is 1. The minimum atomic E-state index is -0.444. The van der Waals surface area contributed by atoms with Crippen LogP contribution < -0.4 is 5.73 Å². The summed E-state index contributed by atoms with van der Waals surface area (Å²) in [5.74, 6) is -0.0417. The van der Waals surface area contributed by atoms with Crippen LogP contribution in [0.2, 0.25) is 0 Å². The molecule has 2 rings (SSSR count). The highest BCUT2D eigenvalue weighted by Gasteiger charge is 2.12. The van der Waals surface area contributed by atoms with Crippen LogP contribution in [0.4, 0.5) is 5.69 Å². The van der Waals surface area contributed by atoms with E-state index in [-0.39, 0.29) is 11.5 Å². The summed E-state index contributed by atoms with van der Waals surface area (Å²) in [7, 11) is 0. The number of nitrogens with zero attached hydrogens (tertiary/aromatic N) is 2. The van der Waals surface area contributed by atoms with Crippen LogP contribution in [0.3, 0.4) is 0 Å². The summed E-state index contributed by atoms with van der Waals surface area (Å²) in [5.41, 5.74) is 7.08. The van der Waals surface area contributed by atoms with Gasteiger partial charge >= 0.3 is 0 Å². The largest absolute Gasteiger partial charge is 0.384 e. The van der Waals surface area contributed by atoms with Gasteiger partial charge in [-0.1, -0.05) is 11.8 Å². The topological polar surface area (TPSA) is 106 Å². The summed E-state index contributed by atoms with van der Waals surface area (Å²) in [5, 5.41) is 18.8. The molecule has 0 spiro atoms. The monoisotopic (exact) mass is 288 g/mol. The van der Waals surface area contributed by atoms with Crippen molar-refractivity contribution in [3.63, 3.8) is 0 Å². The second-order valence-corrected chi connectivity index (χ2v) is 5.14. The molecular formula is C13H12N4O2S. The average Bonchev–Trinajstić information content (AvgIpc) is 2.39. The number of nitro groups is 1. The van der Waals surface area contributed by atoms with E-state index in [9.17, 15) is 10.1 Å². The van der Waals surface area contributed by atoms with E-state index in [2.05, 4.69) is 4.98 Å². The highest BCUT2D eigenvalue weighted by atomic mass is 32.2. The van der Waals surface area contributed by atoms with Gasteiger partial charge in [0.25, 0.3) is 5.69 Å². The predicted octanol–water partition coefficient (Wildman–Crippen LogP) is 2.73. The number of hydrogen-bond acceptors (Lipinski definition) is 5. The minimum Gasteiger partial charge on any atom is -0.384 e. The number of aromatic nitrogens is 1. The average molecular weight is 288 g/mol. The Morgan fingerprint density at radius 1 is 1.35 bits per heavy atom. The van der Waals surface area contributed by atoms with Crippen molar-refractivity contribution in [3.05, 3.63) is 57.8 Å². The van der Waals surface area contributed by atoms with Crippen molar-refractivity contribution >= 4 is 23.3 Å². The lowest BCUT2D eigenvalue weighted by molar-refractivity contribution is -0.384. The maximum absolute atomic E-state index is 10.6. The zero-order valence-electron chi connectivity index (χ0n) is 10.7. The van der Waals surface area contributed by atoms with E-state index >= 15 is 0 Å². The quantitative estimate of drug-likeness (QED) is 0.389. The molecule has 0 radical (unpaired) electrons. The van der Waals surface area contributed by atoms with Gasteiger partial charge < -0.3 is 5.73 Å². The molecule has 0 fully saturated rings. The van der Waals surface area contributed by atoms with E-state index in [1.54, 1.807) is 24.4 Å². The molecule has 0 saturated carbocycles. The van der Waals surface area contributed by atoms with Crippen molar-refractivity contribution in [1.29, 1.82) is 5.41 Å². The zero-order chi connectivity index (χ0) is 14.7. The third-order valence-corrected chi connectivity index (χ3v) is 3.67. The lowest BCUT2D eigenvalue weighted by Crippen LogP contribution is -2.14. The van der Waals surface area contributed by atoms with Crippen molar-refractivity contribution in [2.24, 2.45) is 5.73 Å². The van der Waals surface area contributed by atoms with Crippen molar-refractivity contribution in [2.75, 3.05) is 0 Å². The molecule has 2 aromatic rings. The molecule has 0 aliphatic rings. The molecule has 0 unspecified atom stereocenters. The summed E-state index contributed by atoms with van der Waals surface area (Å²) in [6.45, 7) is 1.86. The molecule has 7 heteroatoms. The van der Waals surface area contributed by atoms with Crippen LogP contribution in [0.25, 0.3) is 0 Å². The van der Waals surface area contributed by atoms with E-state index in [1.807, 2.05) is 6.92 Å². The van der Waals surface area contributed by atoms with Gasteiger partial charge in [-0.15, -0.1) is 0 Å². The normalized spacial score (nSPS) is 10.2. The molecule has 3 N–H and O–H groups in total. The molecule has 0 amide bonds. The number of nitrogens with two attached hydrogens (primary N) is 1. The second-order valence-electron chi connectivity index (χ2n) is 4.07. The highest BCUT2D eigenvalue weighted by Crippen LogP contribution is 2.30. The molecule has 1 aromatic carbocycles. The number of rotatable bonds is 4. The Kier molecular flexibility index (Phi) is 3.99. The molecule has 1 heterocycles. The number of hydrogen-bond donors (Lipinski definition) is 2. The number of nitrogens with one attached hydrogen (secondary N) is 1. The lowest BCUT2D eigenvalue weighted by atomic mass is 10.1. The molecule has 0 aliphatic carbocycles. The van der Waals surface area contributed by atoms with Crippen molar-refractivity contribution in [1.82, 2.24) is 4.98 Å². The van der Waals surface area contributed by atoms with Crippen molar-refractivity contribution < 1.29 is 4.92 Å². The zero-order valence-corrected chi connectivity index (χ0v) is 11.5. The van der Waals surface area contributed by atoms with Gasteiger partial charge in [-0.05, 0) is 30.7 Å². The van der Waals surface area contributed by atoms with Gasteiger partial charge in [0.15, 0.2) is 0 Å². The first-order valence-corrected chi connectivity index (χ1v) is 6.53. The van der Waals surface area contributed by atoms with E-state index in [0.717, 1.165) is 10.5 Å². The van der Waals surface area contributed by atoms with Crippen LogP contribution in [0, 0.1) is 22.4 Å².